The van der Waals surface area contributed by atoms with Gasteiger partial charge in [-0.3, -0.25) is 0 Å². The summed E-state index contributed by atoms with van der Waals surface area (Å²) >= 11 is 0. The largest absolute Gasteiger partial charge is 0.382 e. The summed E-state index contributed by atoms with van der Waals surface area (Å²) in [6.45, 7) is 1.69. The van der Waals surface area contributed by atoms with Gasteiger partial charge in [0, 0.05) is 6.54 Å². The number of morpholine rings is 1. The molecule has 2 aliphatic rings. The summed E-state index contributed by atoms with van der Waals surface area (Å²) in [5.41, 5.74) is 5.55. The Balaban J connectivity index is 1.85. The van der Waals surface area contributed by atoms with Crippen LogP contribution >= 0.6 is 0 Å². The van der Waals surface area contributed by atoms with Crippen molar-refractivity contribution < 1.29 is 4.74 Å². The molecule has 2 N–H and O–H groups in total. The van der Waals surface area contributed by atoms with Gasteiger partial charge in [0.25, 0.3) is 0 Å². The van der Waals surface area contributed by atoms with Gasteiger partial charge in [0.1, 0.15) is 5.82 Å². The fourth-order valence-electron chi connectivity index (χ4n) is 2.70. The lowest BCUT2D eigenvalue weighted by Crippen LogP contribution is -2.49. The topological polar surface area (TPSA) is 64.3 Å². The molecule has 1 saturated carbocycles. The molecule has 1 saturated heterocycles. The summed E-state index contributed by atoms with van der Waals surface area (Å²) in [5.74, 6) is 1.40. The predicted octanol–water partition coefficient (Wildman–Crippen LogP) is 0.816. The van der Waals surface area contributed by atoms with Crippen LogP contribution in [0.3, 0.4) is 0 Å². The van der Waals surface area contributed by atoms with E-state index in [9.17, 15) is 0 Å². The van der Waals surface area contributed by atoms with Crippen LogP contribution in [-0.2, 0) is 4.74 Å². The van der Waals surface area contributed by atoms with Gasteiger partial charge in [0.2, 0.25) is 0 Å². The van der Waals surface area contributed by atoms with Gasteiger partial charge in [0.15, 0.2) is 5.82 Å². The molecule has 1 aliphatic carbocycles. The molecule has 2 heterocycles. The molecule has 5 nitrogen and oxygen atoms in total. The van der Waals surface area contributed by atoms with Crippen LogP contribution in [0.1, 0.15) is 19.3 Å². The summed E-state index contributed by atoms with van der Waals surface area (Å²) in [6, 6.07) is 4.23. The quantitative estimate of drug-likeness (QED) is 0.759. The minimum absolute atomic E-state index is 0.383. The Hall–Kier alpha value is -1.36. The zero-order valence-corrected chi connectivity index (χ0v) is 9.17. The van der Waals surface area contributed by atoms with E-state index in [2.05, 4.69) is 15.1 Å². The first-order chi connectivity index (χ1) is 7.84. The lowest BCUT2D eigenvalue weighted by molar-refractivity contribution is 0.0252. The molecule has 2 atom stereocenters. The Morgan fingerprint density at radius 2 is 2.25 bits per heavy atom. The van der Waals surface area contributed by atoms with Gasteiger partial charge in [0.05, 0.1) is 18.8 Å². The first-order valence-electron chi connectivity index (χ1n) is 5.82. The SMILES string of the molecule is Nc1ccc(N2CCOC3CCCC32)nn1. The molecule has 1 aliphatic heterocycles. The van der Waals surface area contributed by atoms with E-state index in [4.69, 9.17) is 10.5 Å². The van der Waals surface area contributed by atoms with E-state index in [0.29, 0.717) is 18.0 Å². The van der Waals surface area contributed by atoms with Crippen molar-refractivity contribution in [2.45, 2.75) is 31.4 Å². The average molecular weight is 220 g/mol. The van der Waals surface area contributed by atoms with Gasteiger partial charge in [-0.05, 0) is 31.4 Å². The first-order valence-corrected chi connectivity index (χ1v) is 5.82. The maximum Gasteiger partial charge on any atom is 0.151 e. The first kappa shape index (κ1) is 9.84. The highest BCUT2D eigenvalue weighted by Gasteiger charge is 2.36. The van der Waals surface area contributed by atoms with Crippen LogP contribution in [0.2, 0.25) is 0 Å². The summed E-state index contributed by atoms with van der Waals surface area (Å²) < 4.78 is 5.76. The normalized spacial score (nSPS) is 29.1. The maximum atomic E-state index is 5.76. The fraction of sp³-hybridized carbons (Fsp3) is 0.636. The third-order valence-corrected chi connectivity index (χ3v) is 3.45. The molecular weight excluding hydrogens is 204 g/mol. The van der Waals surface area contributed by atoms with Gasteiger partial charge in [-0.2, -0.15) is 0 Å². The van der Waals surface area contributed by atoms with Crippen molar-refractivity contribution in [2.75, 3.05) is 23.8 Å². The van der Waals surface area contributed by atoms with Gasteiger partial charge in [-0.15, -0.1) is 10.2 Å². The van der Waals surface area contributed by atoms with Gasteiger partial charge >= 0.3 is 0 Å². The van der Waals surface area contributed by atoms with Crippen LogP contribution in [0, 0.1) is 0 Å². The van der Waals surface area contributed by atoms with Crippen LogP contribution in [0.5, 0.6) is 0 Å². The number of fused-ring (bicyclic) bond motifs is 1. The van der Waals surface area contributed by atoms with Crippen molar-refractivity contribution in [1.29, 1.82) is 0 Å². The average Bonchev–Trinajstić information content (AvgIpc) is 2.78. The molecule has 0 bridgehead atoms. The summed E-state index contributed by atoms with van der Waals surface area (Å²) in [7, 11) is 0. The van der Waals surface area contributed by atoms with E-state index in [1.165, 1.54) is 19.3 Å². The van der Waals surface area contributed by atoms with Crippen molar-refractivity contribution in [3.63, 3.8) is 0 Å². The van der Waals surface area contributed by atoms with E-state index in [-0.39, 0.29) is 0 Å². The molecule has 0 aromatic carbocycles. The number of anilines is 2. The van der Waals surface area contributed by atoms with Crippen molar-refractivity contribution in [3.8, 4) is 0 Å². The van der Waals surface area contributed by atoms with Gasteiger partial charge in [-0.1, -0.05) is 0 Å². The summed E-state index contributed by atoms with van der Waals surface area (Å²) in [5, 5.41) is 8.07. The molecular formula is C11H16N4O. The Morgan fingerprint density at radius 1 is 1.31 bits per heavy atom. The molecule has 0 radical (unpaired) electrons. The summed E-state index contributed by atoms with van der Waals surface area (Å²) in [4.78, 5) is 2.31. The molecule has 0 amide bonds. The predicted molar refractivity (Wildman–Crippen MR) is 61.2 cm³/mol. The Morgan fingerprint density at radius 3 is 3.06 bits per heavy atom. The number of hydrogen-bond acceptors (Lipinski definition) is 5. The second-order valence-electron chi connectivity index (χ2n) is 4.42. The van der Waals surface area contributed by atoms with Crippen molar-refractivity contribution in [1.82, 2.24) is 10.2 Å². The van der Waals surface area contributed by atoms with Crippen LogP contribution in [-0.4, -0.2) is 35.5 Å². The fourth-order valence-corrected chi connectivity index (χ4v) is 2.70. The lowest BCUT2D eigenvalue weighted by Gasteiger charge is -2.38. The Kier molecular flexibility index (Phi) is 2.40. The maximum absolute atomic E-state index is 5.76. The van der Waals surface area contributed by atoms with Crippen LogP contribution in [0.15, 0.2) is 12.1 Å². The van der Waals surface area contributed by atoms with E-state index in [1.807, 2.05) is 12.1 Å². The smallest absolute Gasteiger partial charge is 0.151 e. The van der Waals surface area contributed by atoms with E-state index in [1.54, 1.807) is 0 Å². The molecule has 1 aromatic heterocycles. The van der Waals surface area contributed by atoms with Gasteiger partial charge < -0.3 is 15.4 Å². The highest BCUT2D eigenvalue weighted by molar-refractivity contribution is 5.43. The number of nitrogen functional groups attached to an aromatic ring is 1. The molecule has 2 fully saturated rings. The van der Waals surface area contributed by atoms with Crippen LogP contribution in [0.25, 0.3) is 0 Å². The monoisotopic (exact) mass is 220 g/mol. The zero-order chi connectivity index (χ0) is 11.0. The number of rotatable bonds is 1. The standard InChI is InChI=1S/C11H16N4O/c12-10-4-5-11(14-13-10)15-6-7-16-9-3-1-2-8(9)15/h4-5,8-9H,1-3,6-7H2,(H2,12,13). The second-order valence-corrected chi connectivity index (χ2v) is 4.42. The lowest BCUT2D eigenvalue weighted by atomic mass is 10.1. The highest BCUT2D eigenvalue weighted by atomic mass is 16.5. The molecule has 5 heteroatoms. The molecule has 2 unspecified atom stereocenters. The Labute approximate surface area is 94.6 Å². The highest BCUT2D eigenvalue weighted by Crippen LogP contribution is 2.31. The van der Waals surface area contributed by atoms with Crippen LogP contribution in [0.4, 0.5) is 11.6 Å². The van der Waals surface area contributed by atoms with E-state index < -0.39 is 0 Å². The number of nitrogens with two attached hydrogens (primary N) is 1. The third-order valence-electron chi connectivity index (χ3n) is 3.45. The zero-order valence-electron chi connectivity index (χ0n) is 9.17. The molecule has 16 heavy (non-hydrogen) atoms. The van der Waals surface area contributed by atoms with E-state index >= 15 is 0 Å². The minimum Gasteiger partial charge on any atom is -0.382 e. The number of aromatic nitrogens is 2. The minimum atomic E-state index is 0.383. The van der Waals surface area contributed by atoms with Crippen molar-refractivity contribution in [3.05, 3.63) is 12.1 Å². The second kappa shape index (κ2) is 3.90. The molecule has 86 valence electrons. The van der Waals surface area contributed by atoms with Crippen molar-refractivity contribution >= 4 is 11.6 Å². The molecule has 3 rings (SSSR count). The van der Waals surface area contributed by atoms with Gasteiger partial charge in [-0.25, -0.2) is 0 Å². The number of ether oxygens (including phenoxy) is 1. The third kappa shape index (κ3) is 1.61. The number of nitrogens with zero attached hydrogens (tertiary/aromatic N) is 3. The Bertz CT molecular complexity index is 367. The summed E-state index contributed by atoms with van der Waals surface area (Å²) in [6.07, 6.45) is 3.99. The van der Waals surface area contributed by atoms with Crippen molar-refractivity contribution in [2.24, 2.45) is 0 Å². The van der Waals surface area contributed by atoms with E-state index in [0.717, 1.165) is 19.0 Å². The molecule has 0 spiro atoms. The molecule has 1 aromatic rings. The number of hydrogen-bond donors (Lipinski definition) is 1. The van der Waals surface area contributed by atoms with Crippen LogP contribution < -0.4 is 10.6 Å².